The highest BCUT2D eigenvalue weighted by Crippen LogP contribution is 2.28. The van der Waals surface area contributed by atoms with Crippen LogP contribution in [0, 0.1) is 5.92 Å². The number of hydrogen-bond acceptors (Lipinski definition) is 1. The normalized spacial score (nSPS) is 14.7. The minimum Gasteiger partial charge on any atom is -0.123 e. The van der Waals surface area contributed by atoms with Gasteiger partial charge in [-0.2, -0.15) is 0 Å². The molecular formula is C15H26S. The van der Waals surface area contributed by atoms with Gasteiger partial charge in [-0.25, -0.2) is 0 Å². The molecule has 0 aliphatic heterocycles. The summed E-state index contributed by atoms with van der Waals surface area (Å²) in [5.74, 6) is 0.616. The van der Waals surface area contributed by atoms with Gasteiger partial charge in [0.2, 0.25) is 0 Å². The van der Waals surface area contributed by atoms with E-state index in [0.29, 0.717) is 5.92 Å². The number of thioether (sulfide) groups is 1. The van der Waals surface area contributed by atoms with Crippen molar-refractivity contribution in [1.82, 2.24) is 0 Å². The summed E-state index contributed by atoms with van der Waals surface area (Å²) in [7, 11) is 0. The number of allylic oxidation sites excluding steroid dienone is 4. The second-order valence-corrected chi connectivity index (χ2v) is 5.71. The van der Waals surface area contributed by atoms with Gasteiger partial charge in [-0.15, -0.1) is 11.8 Å². The van der Waals surface area contributed by atoms with Crippen LogP contribution < -0.4 is 0 Å². The Morgan fingerprint density at radius 2 is 2.00 bits per heavy atom. The van der Waals surface area contributed by atoms with Crippen molar-refractivity contribution in [2.45, 2.75) is 52.2 Å². The molecule has 0 aromatic heterocycles. The van der Waals surface area contributed by atoms with E-state index in [4.69, 9.17) is 0 Å². The first-order valence-electron chi connectivity index (χ1n) is 6.31. The predicted molar refractivity (Wildman–Crippen MR) is 78.8 cm³/mol. The van der Waals surface area contributed by atoms with Gasteiger partial charge in [0.05, 0.1) is 0 Å². The van der Waals surface area contributed by atoms with Crippen LogP contribution in [0.2, 0.25) is 0 Å². The van der Waals surface area contributed by atoms with Gasteiger partial charge < -0.3 is 0 Å². The maximum atomic E-state index is 3.88. The molecule has 0 bridgehead atoms. The summed E-state index contributed by atoms with van der Waals surface area (Å²) < 4.78 is 0. The Hall–Kier alpha value is -0.430. The van der Waals surface area contributed by atoms with Crippen LogP contribution in [-0.4, -0.2) is 5.25 Å². The average Bonchev–Trinajstić information content (AvgIpc) is 2.26. The van der Waals surface area contributed by atoms with E-state index in [1.807, 2.05) is 17.8 Å². The van der Waals surface area contributed by atoms with Crippen LogP contribution in [0.5, 0.6) is 0 Å². The van der Waals surface area contributed by atoms with Crippen LogP contribution in [0.4, 0.5) is 0 Å². The average molecular weight is 238 g/mol. The molecule has 0 aliphatic carbocycles. The summed E-state index contributed by atoms with van der Waals surface area (Å²) in [5.41, 5.74) is 0. The van der Waals surface area contributed by atoms with Crippen molar-refractivity contribution in [3.63, 3.8) is 0 Å². The molecule has 92 valence electrons. The van der Waals surface area contributed by atoms with Crippen molar-refractivity contribution < 1.29 is 0 Å². The van der Waals surface area contributed by atoms with Gasteiger partial charge in [0.25, 0.3) is 0 Å². The first-order valence-corrected chi connectivity index (χ1v) is 7.19. The molecule has 0 saturated heterocycles. The smallest absolute Gasteiger partial charge is 0.00916 e. The summed E-state index contributed by atoms with van der Waals surface area (Å²) >= 11 is 1.96. The molecule has 1 unspecified atom stereocenters. The van der Waals surface area contributed by atoms with Crippen molar-refractivity contribution in [3.05, 3.63) is 35.8 Å². The fraction of sp³-hybridized carbons (Fsp3) is 0.600. The second kappa shape index (κ2) is 9.77. The Morgan fingerprint density at radius 1 is 1.31 bits per heavy atom. The molecule has 0 aromatic rings. The summed E-state index contributed by atoms with van der Waals surface area (Å²) in [6.45, 7) is 12.8. The zero-order chi connectivity index (χ0) is 12.4. The molecule has 0 N–H and O–H groups in total. The molecule has 16 heavy (non-hydrogen) atoms. The van der Waals surface area contributed by atoms with Gasteiger partial charge in [0, 0.05) is 10.2 Å². The van der Waals surface area contributed by atoms with Crippen LogP contribution in [0.1, 0.15) is 47.0 Å². The highest BCUT2D eigenvalue weighted by atomic mass is 32.2. The molecule has 0 radical (unpaired) electrons. The molecule has 1 heteroatoms. The van der Waals surface area contributed by atoms with E-state index in [2.05, 4.69) is 52.5 Å². The molecule has 0 heterocycles. The summed E-state index contributed by atoms with van der Waals surface area (Å²) in [5, 5.41) is 0.738. The van der Waals surface area contributed by atoms with Gasteiger partial charge in [0.15, 0.2) is 0 Å². The third-order valence-corrected chi connectivity index (χ3v) is 3.80. The minimum absolute atomic E-state index is 0.616. The maximum absolute atomic E-state index is 3.88. The molecule has 0 aliphatic rings. The van der Waals surface area contributed by atoms with Crippen LogP contribution in [-0.2, 0) is 0 Å². The molecular weight excluding hydrogens is 212 g/mol. The molecule has 0 amide bonds. The zero-order valence-electron chi connectivity index (χ0n) is 11.2. The fourth-order valence-electron chi connectivity index (χ4n) is 1.39. The highest BCUT2D eigenvalue weighted by Gasteiger charge is 2.06. The van der Waals surface area contributed by atoms with Crippen LogP contribution in [0.25, 0.3) is 0 Å². The lowest BCUT2D eigenvalue weighted by molar-refractivity contribution is 0.721. The van der Waals surface area contributed by atoms with Gasteiger partial charge in [-0.1, -0.05) is 58.9 Å². The third-order valence-electron chi connectivity index (χ3n) is 2.33. The lowest BCUT2D eigenvalue weighted by atomic mass is 10.2. The molecule has 0 fully saturated rings. The Labute approximate surface area is 106 Å². The molecule has 0 aromatic carbocycles. The van der Waals surface area contributed by atoms with Crippen LogP contribution in [0.3, 0.4) is 0 Å². The van der Waals surface area contributed by atoms with Crippen molar-refractivity contribution in [3.8, 4) is 0 Å². The van der Waals surface area contributed by atoms with Crippen molar-refractivity contribution >= 4 is 11.8 Å². The molecule has 0 rings (SSSR count). The quantitative estimate of drug-likeness (QED) is 0.497. The standard InChI is InChI=1S/C15H26S/c1-6-10-14(7-2)16-15(8-3)12-9-11-13(4)5/h8-9,11-14H,3,6-7,10H2,1-2,4-5H3/b11-9-,15-12+. The monoisotopic (exact) mass is 238 g/mol. The van der Waals surface area contributed by atoms with E-state index in [9.17, 15) is 0 Å². The Morgan fingerprint density at radius 3 is 2.44 bits per heavy atom. The lowest BCUT2D eigenvalue weighted by Crippen LogP contribution is -1.99. The van der Waals surface area contributed by atoms with Crippen molar-refractivity contribution in [2.75, 3.05) is 0 Å². The number of hydrogen-bond donors (Lipinski definition) is 0. The van der Waals surface area contributed by atoms with Crippen LogP contribution >= 0.6 is 11.8 Å². The summed E-state index contributed by atoms with van der Waals surface area (Å²) in [4.78, 5) is 1.29. The highest BCUT2D eigenvalue weighted by molar-refractivity contribution is 8.03. The SMILES string of the molecule is C=C/C(=C\C=C/C(C)C)SC(CC)CCC. The van der Waals surface area contributed by atoms with Crippen LogP contribution in [0.15, 0.2) is 35.8 Å². The molecule has 1 atom stereocenters. The Balaban J connectivity index is 4.31. The van der Waals surface area contributed by atoms with Gasteiger partial charge in [-0.3, -0.25) is 0 Å². The second-order valence-electron chi connectivity index (χ2n) is 4.34. The summed E-state index contributed by atoms with van der Waals surface area (Å²) in [6, 6.07) is 0. The van der Waals surface area contributed by atoms with E-state index in [1.165, 1.54) is 24.2 Å². The van der Waals surface area contributed by atoms with E-state index in [1.54, 1.807) is 0 Å². The van der Waals surface area contributed by atoms with E-state index >= 15 is 0 Å². The molecule has 0 nitrogen and oxygen atoms in total. The summed E-state index contributed by atoms with van der Waals surface area (Å²) in [6.07, 6.45) is 12.3. The van der Waals surface area contributed by atoms with E-state index in [0.717, 1.165) is 5.25 Å². The first-order chi connectivity index (χ1) is 7.63. The third kappa shape index (κ3) is 7.81. The maximum Gasteiger partial charge on any atom is 0.00916 e. The van der Waals surface area contributed by atoms with Crippen molar-refractivity contribution in [2.24, 2.45) is 5.92 Å². The van der Waals surface area contributed by atoms with Crippen molar-refractivity contribution in [1.29, 1.82) is 0 Å². The lowest BCUT2D eigenvalue weighted by Gasteiger charge is -2.13. The molecule has 0 saturated carbocycles. The van der Waals surface area contributed by atoms with E-state index in [-0.39, 0.29) is 0 Å². The fourth-order valence-corrected chi connectivity index (χ4v) is 2.55. The van der Waals surface area contributed by atoms with Gasteiger partial charge in [0.1, 0.15) is 0 Å². The first kappa shape index (κ1) is 15.6. The Bertz CT molecular complexity index is 236. The largest absolute Gasteiger partial charge is 0.123 e. The minimum atomic E-state index is 0.616. The zero-order valence-corrected chi connectivity index (χ0v) is 12.0. The van der Waals surface area contributed by atoms with E-state index < -0.39 is 0 Å². The predicted octanol–water partition coefficient (Wildman–Crippen LogP) is 5.58. The number of rotatable bonds is 8. The van der Waals surface area contributed by atoms with Gasteiger partial charge in [-0.05, 0) is 24.8 Å². The van der Waals surface area contributed by atoms with Gasteiger partial charge >= 0.3 is 0 Å². The molecule has 0 spiro atoms. The Kier molecular flexibility index (Phi) is 9.51. The topological polar surface area (TPSA) is 0 Å².